The molecule has 1 aliphatic rings. The molecule has 0 unspecified atom stereocenters. The van der Waals surface area contributed by atoms with Crippen molar-refractivity contribution in [3.63, 3.8) is 0 Å². The van der Waals surface area contributed by atoms with Crippen molar-refractivity contribution in [3.8, 4) is 0 Å². The summed E-state index contributed by atoms with van der Waals surface area (Å²) in [7, 11) is 0. The van der Waals surface area contributed by atoms with E-state index in [1.807, 2.05) is 6.92 Å². The number of hydrogen-bond acceptors (Lipinski definition) is 2. The van der Waals surface area contributed by atoms with Gasteiger partial charge in [0.25, 0.3) is 0 Å². The maximum atomic E-state index is 13.1. The van der Waals surface area contributed by atoms with E-state index in [1.165, 1.54) is 6.07 Å². The number of hydrogen-bond donors (Lipinski definition) is 2. The Morgan fingerprint density at radius 2 is 2.15 bits per heavy atom. The lowest BCUT2D eigenvalue weighted by molar-refractivity contribution is 0.0697. The number of amides is 2. The predicted molar refractivity (Wildman–Crippen MR) is 72.4 cm³/mol. The van der Waals surface area contributed by atoms with E-state index in [9.17, 15) is 14.0 Å². The lowest BCUT2D eigenvalue weighted by atomic mass is 10.1. The molecule has 20 heavy (non-hydrogen) atoms. The summed E-state index contributed by atoms with van der Waals surface area (Å²) in [5, 5.41) is 11.6. The highest BCUT2D eigenvalue weighted by molar-refractivity contribution is 6.00. The second-order valence-electron chi connectivity index (χ2n) is 4.85. The van der Waals surface area contributed by atoms with Crippen molar-refractivity contribution < 1.29 is 19.1 Å². The number of carbonyl (C=O) groups excluding carboxylic acids is 1. The Hall–Kier alpha value is -2.11. The first-order valence-electron chi connectivity index (χ1n) is 6.63. The lowest BCUT2D eigenvalue weighted by Crippen LogP contribution is -2.37. The van der Waals surface area contributed by atoms with Gasteiger partial charge in [0.1, 0.15) is 5.82 Å². The monoisotopic (exact) mass is 280 g/mol. The van der Waals surface area contributed by atoms with E-state index >= 15 is 0 Å². The van der Waals surface area contributed by atoms with Crippen molar-refractivity contribution in [1.82, 2.24) is 4.90 Å². The van der Waals surface area contributed by atoms with Gasteiger partial charge in [-0.3, -0.25) is 0 Å². The van der Waals surface area contributed by atoms with Crippen LogP contribution in [0.5, 0.6) is 0 Å². The smallest absolute Gasteiger partial charge is 0.337 e. The quantitative estimate of drug-likeness (QED) is 0.871. The maximum absolute atomic E-state index is 13.1. The van der Waals surface area contributed by atoms with Gasteiger partial charge in [0.2, 0.25) is 0 Å². The average Bonchev–Trinajstić information content (AvgIpc) is 3.22. The molecule has 0 aliphatic heterocycles. The van der Waals surface area contributed by atoms with Gasteiger partial charge in [-0.1, -0.05) is 6.92 Å². The molecule has 5 nitrogen and oxygen atoms in total. The van der Waals surface area contributed by atoms with Gasteiger partial charge in [0.15, 0.2) is 0 Å². The number of anilines is 1. The molecule has 2 rings (SSSR count). The van der Waals surface area contributed by atoms with Crippen LogP contribution in [0, 0.1) is 5.82 Å². The summed E-state index contributed by atoms with van der Waals surface area (Å²) in [6.07, 6.45) is 2.78. The summed E-state index contributed by atoms with van der Waals surface area (Å²) in [5.41, 5.74) is -0.128. The molecule has 0 radical (unpaired) electrons. The van der Waals surface area contributed by atoms with Crippen LogP contribution in [0.15, 0.2) is 18.2 Å². The van der Waals surface area contributed by atoms with Crippen LogP contribution >= 0.6 is 0 Å². The summed E-state index contributed by atoms with van der Waals surface area (Å²) in [4.78, 5) is 24.9. The molecule has 1 aliphatic carbocycles. The minimum atomic E-state index is -1.27. The minimum absolute atomic E-state index is 0.116. The van der Waals surface area contributed by atoms with Crippen LogP contribution in [0.1, 0.15) is 36.5 Å². The molecule has 2 amide bonds. The number of carbonyl (C=O) groups is 2. The van der Waals surface area contributed by atoms with Crippen molar-refractivity contribution in [2.75, 3.05) is 11.9 Å². The molecule has 0 bridgehead atoms. The third-order valence-corrected chi connectivity index (χ3v) is 3.17. The molecular weight excluding hydrogens is 263 g/mol. The zero-order valence-corrected chi connectivity index (χ0v) is 11.2. The second-order valence-corrected chi connectivity index (χ2v) is 4.85. The molecule has 108 valence electrons. The van der Waals surface area contributed by atoms with E-state index in [1.54, 1.807) is 4.90 Å². The Morgan fingerprint density at radius 3 is 2.70 bits per heavy atom. The summed E-state index contributed by atoms with van der Waals surface area (Å²) in [6.45, 7) is 2.60. The fourth-order valence-electron chi connectivity index (χ4n) is 2.07. The van der Waals surface area contributed by atoms with Crippen molar-refractivity contribution in [1.29, 1.82) is 0 Å². The Morgan fingerprint density at radius 1 is 1.45 bits per heavy atom. The van der Waals surface area contributed by atoms with E-state index in [4.69, 9.17) is 5.11 Å². The number of nitrogens with zero attached hydrogens (tertiary/aromatic N) is 1. The van der Waals surface area contributed by atoms with Gasteiger partial charge in [0, 0.05) is 12.6 Å². The van der Waals surface area contributed by atoms with Crippen LogP contribution in [0.25, 0.3) is 0 Å². The predicted octanol–water partition coefficient (Wildman–Crippen LogP) is 2.93. The molecule has 1 aromatic rings. The first kappa shape index (κ1) is 14.3. The molecule has 1 fully saturated rings. The first-order valence-corrected chi connectivity index (χ1v) is 6.63. The molecule has 0 spiro atoms. The van der Waals surface area contributed by atoms with Gasteiger partial charge < -0.3 is 15.3 Å². The second kappa shape index (κ2) is 5.90. The zero-order chi connectivity index (χ0) is 14.7. The number of urea groups is 1. The molecular formula is C14H17FN2O3. The van der Waals surface area contributed by atoms with E-state index in [2.05, 4.69) is 5.32 Å². The summed E-state index contributed by atoms with van der Waals surface area (Å²) < 4.78 is 13.1. The lowest BCUT2D eigenvalue weighted by Gasteiger charge is -2.22. The number of halogens is 1. The number of rotatable bonds is 5. The molecule has 2 N–H and O–H groups in total. The van der Waals surface area contributed by atoms with Crippen LogP contribution in [0.3, 0.4) is 0 Å². The molecule has 0 atom stereocenters. The van der Waals surface area contributed by atoms with Gasteiger partial charge in [0.05, 0.1) is 11.3 Å². The van der Waals surface area contributed by atoms with E-state index in [0.717, 1.165) is 31.4 Å². The maximum Gasteiger partial charge on any atom is 0.337 e. The third-order valence-electron chi connectivity index (χ3n) is 3.17. The normalized spacial score (nSPS) is 13.9. The summed E-state index contributed by atoms with van der Waals surface area (Å²) in [5.74, 6) is -1.92. The summed E-state index contributed by atoms with van der Waals surface area (Å²) in [6, 6.07) is 3.21. The van der Waals surface area contributed by atoms with Gasteiger partial charge in [-0.15, -0.1) is 0 Å². The van der Waals surface area contributed by atoms with Crippen molar-refractivity contribution in [2.24, 2.45) is 0 Å². The van der Waals surface area contributed by atoms with Crippen LogP contribution in [-0.4, -0.2) is 34.6 Å². The third kappa shape index (κ3) is 3.26. The fraction of sp³-hybridized carbons (Fsp3) is 0.429. The Balaban J connectivity index is 2.16. The largest absolute Gasteiger partial charge is 0.478 e. The van der Waals surface area contributed by atoms with Crippen LogP contribution in [0.4, 0.5) is 14.9 Å². The van der Waals surface area contributed by atoms with Crippen molar-refractivity contribution in [2.45, 2.75) is 32.2 Å². The Kier molecular flexibility index (Phi) is 4.22. The SMILES string of the molecule is CCCN(C(=O)Nc1ccc(F)cc1C(=O)O)C1CC1. The number of benzene rings is 1. The van der Waals surface area contributed by atoms with Gasteiger partial charge in [-0.2, -0.15) is 0 Å². The summed E-state index contributed by atoms with van der Waals surface area (Å²) >= 11 is 0. The minimum Gasteiger partial charge on any atom is -0.478 e. The van der Waals surface area contributed by atoms with Crippen molar-refractivity contribution >= 4 is 17.7 Å². The zero-order valence-electron chi connectivity index (χ0n) is 11.2. The van der Waals surface area contributed by atoms with Gasteiger partial charge in [-0.25, -0.2) is 14.0 Å². The van der Waals surface area contributed by atoms with Gasteiger partial charge >= 0.3 is 12.0 Å². The first-order chi connectivity index (χ1) is 9.52. The number of nitrogens with one attached hydrogen (secondary N) is 1. The molecule has 1 aromatic carbocycles. The Bertz CT molecular complexity index is 529. The van der Waals surface area contributed by atoms with E-state index in [0.29, 0.717) is 6.54 Å². The van der Waals surface area contributed by atoms with E-state index in [-0.39, 0.29) is 23.3 Å². The Labute approximate surface area is 116 Å². The number of aromatic carboxylic acids is 1. The van der Waals surface area contributed by atoms with E-state index < -0.39 is 11.8 Å². The molecule has 0 aromatic heterocycles. The van der Waals surface area contributed by atoms with Crippen LogP contribution in [-0.2, 0) is 0 Å². The highest BCUT2D eigenvalue weighted by Gasteiger charge is 2.32. The standard InChI is InChI=1S/C14H17FN2O3/c1-2-7-17(10-4-5-10)14(20)16-12-6-3-9(15)8-11(12)13(18)19/h3,6,8,10H,2,4-5,7H2,1H3,(H,16,20)(H,18,19). The van der Waals surface area contributed by atoms with Crippen LogP contribution in [0.2, 0.25) is 0 Å². The van der Waals surface area contributed by atoms with Crippen molar-refractivity contribution in [3.05, 3.63) is 29.6 Å². The topological polar surface area (TPSA) is 69.6 Å². The number of carboxylic acids is 1. The molecule has 0 saturated heterocycles. The fourth-order valence-corrected chi connectivity index (χ4v) is 2.07. The molecule has 1 saturated carbocycles. The molecule has 6 heteroatoms. The van der Waals surface area contributed by atoms with Gasteiger partial charge in [-0.05, 0) is 37.5 Å². The number of carboxylic acid groups (broad SMARTS) is 1. The highest BCUT2D eigenvalue weighted by Crippen LogP contribution is 2.28. The molecule has 0 heterocycles. The van der Waals surface area contributed by atoms with Crippen LogP contribution < -0.4 is 5.32 Å². The average molecular weight is 280 g/mol. The highest BCUT2D eigenvalue weighted by atomic mass is 19.1.